The highest BCUT2D eigenvalue weighted by Crippen LogP contribution is 2.28. The quantitative estimate of drug-likeness (QED) is 0.677. The van der Waals surface area contributed by atoms with Crippen molar-refractivity contribution in [3.05, 3.63) is 12.4 Å². The number of nitrogens with one attached hydrogen (secondary N) is 1. The van der Waals surface area contributed by atoms with Gasteiger partial charge >= 0.3 is 0 Å². The molecule has 1 aliphatic carbocycles. The van der Waals surface area contributed by atoms with Crippen LogP contribution < -0.4 is 10.2 Å². The van der Waals surface area contributed by atoms with Gasteiger partial charge < -0.3 is 20.0 Å². The zero-order chi connectivity index (χ0) is 22.6. The molecular formula is C25H41N7O. The van der Waals surface area contributed by atoms with Crippen molar-refractivity contribution >= 4 is 17.5 Å². The standard InChI is InChI=1S/C25H41N7O/c1-29-11-8-22(9-12-29)30-13-15-31(16-14-30)25(33)7-4-20-3-2-10-32(18-20)24-17-23(26-19-27-24)28-21-5-6-21/h17,19-22H,2-16,18H2,1H3,(H,26,27,28)/t20-/m0/s1. The Balaban J connectivity index is 1.05. The molecule has 4 heterocycles. The van der Waals surface area contributed by atoms with Crippen molar-refractivity contribution in [3.63, 3.8) is 0 Å². The Kier molecular flexibility index (Phi) is 7.30. The van der Waals surface area contributed by atoms with Crippen molar-refractivity contribution < 1.29 is 4.79 Å². The fourth-order valence-electron chi connectivity index (χ4n) is 5.73. The number of carbonyl (C=O) groups excluding carboxylic acids is 1. The van der Waals surface area contributed by atoms with E-state index in [1.807, 2.05) is 0 Å². The highest BCUT2D eigenvalue weighted by Gasteiger charge is 2.29. The van der Waals surface area contributed by atoms with Crippen LogP contribution in [0.25, 0.3) is 0 Å². The Morgan fingerprint density at radius 3 is 2.55 bits per heavy atom. The summed E-state index contributed by atoms with van der Waals surface area (Å²) in [6, 6.07) is 3.41. The van der Waals surface area contributed by atoms with Crippen molar-refractivity contribution in [2.75, 3.05) is 69.6 Å². The Hall–Kier alpha value is -1.93. The lowest BCUT2D eigenvalue weighted by molar-refractivity contribution is -0.133. The number of likely N-dealkylation sites (tertiary alicyclic amines) is 1. The number of aromatic nitrogens is 2. The Labute approximate surface area is 198 Å². The molecule has 1 saturated carbocycles. The number of carbonyl (C=O) groups is 1. The largest absolute Gasteiger partial charge is 0.367 e. The molecule has 3 aliphatic heterocycles. The summed E-state index contributed by atoms with van der Waals surface area (Å²) in [5, 5.41) is 3.48. The molecular weight excluding hydrogens is 414 g/mol. The molecule has 0 bridgehead atoms. The van der Waals surface area contributed by atoms with Crippen LogP contribution in [0.1, 0.15) is 51.4 Å². The molecule has 1 amide bonds. The number of anilines is 2. The van der Waals surface area contributed by atoms with Gasteiger partial charge in [0.15, 0.2) is 0 Å². The van der Waals surface area contributed by atoms with Crippen LogP contribution in [-0.2, 0) is 4.79 Å². The van der Waals surface area contributed by atoms with Crippen LogP contribution in [0.15, 0.2) is 12.4 Å². The third kappa shape index (κ3) is 6.15. The van der Waals surface area contributed by atoms with Gasteiger partial charge in [-0.2, -0.15) is 0 Å². The minimum absolute atomic E-state index is 0.355. The topological polar surface area (TPSA) is 67.8 Å². The van der Waals surface area contributed by atoms with E-state index >= 15 is 0 Å². The maximum atomic E-state index is 12.9. The minimum Gasteiger partial charge on any atom is -0.367 e. The summed E-state index contributed by atoms with van der Waals surface area (Å²) < 4.78 is 0. The van der Waals surface area contributed by atoms with Gasteiger partial charge in [-0.25, -0.2) is 9.97 Å². The summed E-state index contributed by atoms with van der Waals surface area (Å²) in [5.74, 6) is 2.89. The molecule has 33 heavy (non-hydrogen) atoms. The number of hydrogen-bond donors (Lipinski definition) is 1. The molecule has 1 N–H and O–H groups in total. The van der Waals surface area contributed by atoms with Crippen LogP contribution in [0.5, 0.6) is 0 Å². The Bertz CT molecular complexity index is 785. The number of nitrogens with zero attached hydrogens (tertiary/aromatic N) is 6. The molecule has 182 valence electrons. The molecule has 1 aromatic heterocycles. The molecule has 0 radical (unpaired) electrons. The van der Waals surface area contributed by atoms with Gasteiger partial charge in [-0.1, -0.05) is 0 Å². The van der Waals surface area contributed by atoms with Gasteiger partial charge in [0.05, 0.1) is 0 Å². The lowest BCUT2D eigenvalue weighted by Crippen LogP contribution is -2.54. The lowest BCUT2D eigenvalue weighted by Gasteiger charge is -2.42. The van der Waals surface area contributed by atoms with E-state index in [0.717, 1.165) is 57.3 Å². The molecule has 8 heteroatoms. The van der Waals surface area contributed by atoms with E-state index in [4.69, 9.17) is 0 Å². The summed E-state index contributed by atoms with van der Waals surface area (Å²) in [6.07, 6.45) is 10.8. The summed E-state index contributed by atoms with van der Waals surface area (Å²) in [5.41, 5.74) is 0. The molecule has 1 aromatic rings. The van der Waals surface area contributed by atoms with Crippen LogP contribution in [0.2, 0.25) is 0 Å². The molecule has 4 fully saturated rings. The zero-order valence-corrected chi connectivity index (χ0v) is 20.3. The fourth-order valence-corrected chi connectivity index (χ4v) is 5.73. The molecule has 0 aromatic carbocycles. The average molecular weight is 456 g/mol. The van der Waals surface area contributed by atoms with E-state index in [-0.39, 0.29) is 0 Å². The summed E-state index contributed by atoms with van der Waals surface area (Å²) in [4.78, 5) is 31.4. The van der Waals surface area contributed by atoms with Crippen molar-refractivity contribution in [2.24, 2.45) is 5.92 Å². The van der Waals surface area contributed by atoms with Crippen molar-refractivity contribution in [3.8, 4) is 0 Å². The number of hydrogen-bond acceptors (Lipinski definition) is 7. The number of rotatable bonds is 7. The maximum Gasteiger partial charge on any atom is 0.222 e. The molecule has 3 saturated heterocycles. The first kappa shape index (κ1) is 22.8. The van der Waals surface area contributed by atoms with Crippen molar-refractivity contribution in [2.45, 2.75) is 63.5 Å². The van der Waals surface area contributed by atoms with Gasteiger partial charge in [0, 0.05) is 63.8 Å². The van der Waals surface area contributed by atoms with Gasteiger partial charge in [-0.3, -0.25) is 9.69 Å². The first-order chi connectivity index (χ1) is 16.1. The second-order valence-corrected chi connectivity index (χ2v) is 10.6. The van der Waals surface area contributed by atoms with Gasteiger partial charge in [0.2, 0.25) is 5.91 Å². The fraction of sp³-hybridized carbons (Fsp3) is 0.800. The summed E-state index contributed by atoms with van der Waals surface area (Å²) in [6.45, 7) is 8.34. The van der Waals surface area contributed by atoms with Crippen LogP contribution in [0.4, 0.5) is 11.6 Å². The lowest BCUT2D eigenvalue weighted by atomic mass is 9.93. The third-order valence-corrected chi connectivity index (χ3v) is 8.06. The van der Waals surface area contributed by atoms with E-state index in [1.165, 1.54) is 51.6 Å². The van der Waals surface area contributed by atoms with E-state index in [9.17, 15) is 4.79 Å². The predicted octanol–water partition coefficient (Wildman–Crippen LogP) is 2.29. The van der Waals surface area contributed by atoms with Crippen molar-refractivity contribution in [1.29, 1.82) is 0 Å². The van der Waals surface area contributed by atoms with Gasteiger partial charge in [0.25, 0.3) is 0 Å². The first-order valence-electron chi connectivity index (χ1n) is 13.2. The summed E-state index contributed by atoms with van der Waals surface area (Å²) >= 11 is 0. The normalized spacial score (nSPS) is 25.9. The highest BCUT2D eigenvalue weighted by molar-refractivity contribution is 5.76. The van der Waals surface area contributed by atoms with Crippen LogP contribution in [-0.4, -0.2) is 102 Å². The van der Waals surface area contributed by atoms with Crippen LogP contribution in [0.3, 0.4) is 0 Å². The molecule has 1 atom stereocenters. The van der Waals surface area contributed by atoms with Crippen molar-refractivity contribution in [1.82, 2.24) is 24.7 Å². The molecule has 5 rings (SSSR count). The smallest absolute Gasteiger partial charge is 0.222 e. The number of piperazine rings is 1. The minimum atomic E-state index is 0.355. The maximum absolute atomic E-state index is 12.9. The van der Waals surface area contributed by atoms with E-state index in [1.54, 1.807) is 6.33 Å². The monoisotopic (exact) mass is 455 g/mol. The number of amides is 1. The van der Waals surface area contributed by atoms with E-state index < -0.39 is 0 Å². The highest BCUT2D eigenvalue weighted by atomic mass is 16.2. The number of piperidine rings is 2. The predicted molar refractivity (Wildman–Crippen MR) is 132 cm³/mol. The Morgan fingerprint density at radius 1 is 1.00 bits per heavy atom. The van der Waals surface area contributed by atoms with E-state index in [0.29, 0.717) is 30.3 Å². The van der Waals surface area contributed by atoms with Gasteiger partial charge in [-0.15, -0.1) is 0 Å². The van der Waals surface area contributed by atoms with Gasteiger partial charge in [0.1, 0.15) is 18.0 Å². The van der Waals surface area contributed by atoms with Crippen LogP contribution >= 0.6 is 0 Å². The Morgan fingerprint density at radius 2 is 1.79 bits per heavy atom. The third-order valence-electron chi connectivity index (χ3n) is 8.06. The summed E-state index contributed by atoms with van der Waals surface area (Å²) in [7, 11) is 2.22. The molecule has 0 spiro atoms. The average Bonchev–Trinajstić information content (AvgIpc) is 3.67. The zero-order valence-electron chi connectivity index (χ0n) is 20.3. The molecule has 0 unspecified atom stereocenters. The van der Waals surface area contributed by atoms with Gasteiger partial charge in [-0.05, 0) is 71.0 Å². The molecule has 8 nitrogen and oxygen atoms in total. The second kappa shape index (κ2) is 10.6. The second-order valence-electron chi connectivity index (χ2n) is 10.6. The van der Waals surface area contributed by atoms with Crippen LogP contribution in [0, 0.1) is 5.92 Å². The van der Waals surface area contributed by atoms with E-state index in [2.05, 4.69) is 48.0 Å². The molecule has 4 aliphatic rings. The first-order valence-corrected chi connectivity index (χ1v) is 13.2. The SMILES string of the molecule is CN1CCC(N2CCN(C(=O)CC[C@@H]3CCCN(c4cc(NC5CC5)ncn4)C3)CC2)CC1.